The molecule has 3 aromatic carbocycles. The Bertz CT molecular complexity index is 1280. The van der Waals surface area contributed by atoms with Crippen LogP contribution in [0.3, 0.4) is 0 Å². The molecule has 0 radical (unpaired) electrons. The van der Waals surface area contributed by atoms with Gasteiger partial charge in [0.2, 0.25) is 0 Å². The minimum absolute atomic E-state index is 0.0206. The quantitative estimate of drug-likeness (QED) is 0.275. The number of nitrogens with two attached hydrogens (primary N) is 2. The first kappa shape index (κ1) is 26.5. The summed E-state index contributed by atoms with van der Waals surface area (Å²) in [6.07, 6.45) is 7.09. The third kappa shape index (κ3) is 6.31. The summed E-state index contributed by atoms with van der Waals surface area (Å²) in [5.74, 6) is -0.0206. The molecule has 1 aliphatic rings. The highest BCUT2D eigenvalue weighted by Crippen LogP contribution is 2.32. The minimum Gasteiger partial charge on any atom is -0.348 e. The second kappa shape index (κ2) is 13.1. The van der Waals surface area contributed by atoms with Crippen molar-refractivity contribution < 1.29 is 4.79 Å². The number of carbonyl (C=O) groups is 1. The van der Waals surface area contributed by atoms with Crippen LogP contribution in [0, 0.1) is 5.41 Å². The van der Waals surface area contributed by atoms with Gasteiger partial charge < -0.3 is 22.2 Å². The molecule has 0 spiro atoms. The van der Waals surface area contributed by atoms with Crippen LogP contribution in [0.1, 0.15) is 48.2 Å². The Labute approximate surface area is 211 Å². The lowest BCUT2D eigenvalue weighted by Crippen LogP contribution is -2.36. The molecule has 4 aromatic rings. The maximum Gasteiger partial charge on any atom is 0.269 e. The lowest BCUT2D eigenvalue weighted by Gasteiger charge is -2.23. The predicted octanol–water partition coefficient (Wildman–Crippen LogP) is 5.56. The van der Waals surface area contributed by atoms with Crippen molar-refractivity contribution in [2.24, 2.45) is 11.5 Å². The highest BCUT2D eigenvalue weighted by Gasteiger charge is 2.21. The van der Waals surface area contributed by atoms with Gasteiger partial charge in [0.15, 0.2) is 0 Å². The average Bonchev–Trinajstić information content (AvgIpc) is 3.29. The smallest absolute Gasteiger partial charge is 0.269 e. The molecule has 1 aromatic heterocycles. The van der Waals surface area contributed by atoms with Gasteiger partial charge in [-0.05, 0) is 79.5 Å². The van der Waals surface area contributed by atoms with E-state index in [1.54, 1.807) is 11.9 Å². The molecule has 1 aliphatic carbocycles. The minimum atomic E-state index is -0.0206. The Morgan fingerprint density at radius 1 is 0.914 bits per heavy atom. The molecule has 1 fully saturated rings. The van der Waals surface area contributed by atoms with Crippen LogP contribution in [0.4, 0.5) is 0 Å². The van der Waals surface area contributed by atoms with Gasteiger partial charge in [-0.2, -0.15) is 0 Å². The number of amides is 1. The predicted molar refractivity (Wildman–Crippen MR) is 150 cm³/mol. The maximum atomic E-state index is 13.3. The first-order chi connectivity index (χ1) is 17.2. The van der Waals surface area contributed by atoms with Crippen molar-refractivity contribution in [2.75, 3.05) is 14.1 Å². The van der Waals surface area contributed by atoms with Crippen molar-refractivity contribution in [3.8, 4) is 0 Å². The molecule has 184 valence electrons. The third-order valence-electron chi connectivity index (χ3n) is 6.04. The molecule has 1 amide bonds. The molecule has 0 atom stereocenters. The standard InChI is InChI=1S/C26H25N3OS.2CH5N/c27-17-18-10-11-21-16-25(26(30)28-22-8-2-1-3-9-22)29(24(21)14-18)31-23-13-12-19-6-4-5-7-20(19)15-23;2*1-2/h4-7,10-17,22,27H,1-3,8-9H2,(H,28,30);2*2H2,1H3. The lowest BCUT2D eigenvalue weighted by atomic mass is 9.95. The van der Waals surface area contributed by atoms with E-state index in [4.69, 9.17) is 5.41 Å². The zero-order valence-corrected chi connectivity index (χ0v) is 21.3. The molecule has 6 N–H and O–H groups in total. The highest BCUT2D eigenvalue weighted by molar-refractivity contribution is 7.98. The van der Waals surface area contributed by atoms with Crippen molar-refractivity contribution in [1.82, 2.24) is 9.29 Å². The summed E-state index contributed by atoms with van der Waals surface area (Å²) in [6, 6.07) is 22.8. The number of nitrogens with one attached hydrogen (secondary N) is 2. The van der Waals surface area contributed by atoms with E-state index in [9.17, 15) is 4.79 Å². The van der Waals surface area contributed by atoms with Crippen molar-refractivity contribution in [3.05, 3.63) is 78.0 Å². The molecule has 5 rings (SSSR count). The van der Waals surface area contributed by atoms with Gasteiger partial charge >= 0.3 is 0 Å². The molecule has 35 heavy (non-hydrogen) atoms. The van der Waals surface area contributed by atoms with Crippen LogP contribution in [0.2, 0.25) is 0 Å². The summed E-state index contributed by atoms with van der Waals surface area (Å²) in [5, 5.41) is 14.3. The Balaban J connectivity index is 0.000000815. The molecule has 0 bridgehead atoms. The Kier molecular flexibility index (Phi) is 9.90. The van der Waals surface area contributed by atoms with E-state index in [1.807, 2.05) is 40.4 Å². The Hall–Kier alpha value is -3.13. The second-order valence-electron chi connectivity index (χ2n) is 8.20. The fourth-order valence-corrected chi connectivity index (χ4v) is 5.39. The summed E-state index contributed by atoms with van der Waals surface area (Å²) in [5.41, 5.74) is 11.4. The number of aromatic nitrogens is 1. The molecule has 0 unspecified atom stereocenters. The van der Waals surface area contributed by atoms with Gasteiger partial charge in [0.25, 0.3) is 5.91 Å². The number of benzene rings is 3. The van der Waals surface area contributed by atoms with Gasteiger partial charge in [0, 0.05) is 22.5 Å². The third-order valence-corrected chi connectivity index (χ3v) is 7.08. The van der Waals surface area contributed by atoms with Gasteiger partial charge in [0.1, 0.15) is 5.69 Å². The molecule has 1 heterocycles. The highest BCUT2D eigenvalue weighted by atomic mass is 32.2. The van der Waals surface area contributed by atoms with Crippen LogP contribution in [-0.2, 0) is 0 Å². The van der Waals surface area contributed by atoms with E-state index in [0.717, 1.165) is 34.2 Å². The lowest BCUT2D eigenvalue weighted by molar-refractivity contribution is 0.0922. The van der Waals surface area contributed by atoms with E-state index in [0.29, 0.717) is 5.69 Å². The molecule has 0 aliphatic heterocycles. The van der Waals surface area contributed by atoms with E-state index in [-0.39, 0.29) is 11.9 Å². The van der Waals surface area contributed by atoms with E-state index < -0.39 is 0 Å². The first-order valence-electron chi connectivity index (χ1n) is 12.0. The van der Waals surface area contributed by atoms with Crippen molar-refractivity contribution in [1.29, 1.82) is 5.41 Å². The summed E-state index contributed by atoms with van der Waals surface area (Å²) in [6.45, 7) is 0. The fraction of sp³-hybridized carbons (Fsp3) is 0.286. The van der Waals surface area contributed by atoms with Crippen LogP contribution < -0.4 is 16.8 Å². The van der Waals surface area contributed by atoms with E-state index in [1.165, 1.54) is 50.3 Å². The van der Waals surface area contributed by atoms with Crippen LogP contribution >= 0.6 is 11.9 Å². The normalized spacial score (nSPS) is 13.4. The molecule has 1 saturated carbocycles. The van der Waals surface area contributed by atoms with Crippen molar-refractivity contribution in [3.63, 3.8) is 0 Å². The average molecular weight is 490 g/mol. The second-order valence-corrected chi connectivity index (χ2v) is 9.21. The molecule has 6 nitrogen and oxygen atoms in total. The zero-order valence-electron chi connectivity index (χ0n) is 20.5. The van der Waals surface area contributed by atoms with Gasteiger partial charge in [-0.3, -0.25) is 8.77 Å². The van der Waals surface area contributed by atoms with Crippen molar-refractivity contribution in [2.45, 2.75) is 43.0 Å². The summed E-state index contributed by atoms with van der Waals surface area (Å²) >= 11 is 1.56. The van der Waals surface area contributed by atoms with E-state index >= 15 is 0 Å². The van der Waals surface area contributed by atoms with E-state index in [2.05, 4.69) is 47.1 Å². The van der Waals surface area contributed by atoms with Crippen LogP contribution in [0.25, 0.3) is 21.7 Å². The zero-order chi connectivity index (χ0) is 25.2. The number of fused-ring (bicyclic) bond motifs is 2. The van der Waals surface area contributed by atoms with Crippen LogP contribution in [0.15, 0.2) is 71.6 Å². The number of hydrogen-bond acceptors (Lipinski definition) is 5. The van der Waals surface area contributed by atoms with Gasteiger partial charge in [0.05, 0.1) is 5.52 Å². The number of carbonyl (C=O) groups excluding carboxylic acids is 1. The molecular weight excluding hydrogens is 454 g/mol. The largest absolute Gasteiger partial charge is 0.348 e. The molecule has 0 saturated heterocycles. The summed E-state index contributed by atoms with van der Waals surface area (Å²) < 4.78 is 2.02. The first-order valence-corrected chi connectivity index (χ1v) is 12.8. The fourth-order valence-electron chi connectivity index (χ4n) is 4.38. The molecular formula is C28H35N5OS. The van der Waals surface area contributed by atoms with Gasteiger partial charge in [-0.1, -0.05) is 61.7 Å². The Morgan fingerprint density at radius 3 is 2.31 bits per heavy atom. The summed E-state index contributed by atoms with van der Waals surface area (Å²) in [4.78, 5) is 14.3. The van der Waals surface area contributed by atoms with Crippen molar-refractivity contribution >= 4 is 45.7 Å². The molecule has 7 heteroatoms. The number of nitrogens with zero attached hydrogens (tertiary/aromatic N) is 1. The monoisotopic (exact) mass is 489 g/mol. The number of hydrogen-bond donors (Lipinski definition) is 4. The topological polar surface area (TPSA) is 110 Å². The summed E-state index contributed by atoms with van der Waals surface area (Å²) in [7, 11) is 3.00. The van der Waals surface area contributed by atoms with Gasteiger partial charge in [-0.25, -0.2) is 0 Å². The van der Waals surface area contributed by atoms with Gasteiger partial charge in [-0.15, -0.1) is 0 Å². The van der Waals surface area contributed by atoms with Crippen LogP contribution in [0.5, 0.6) is 0 Å². The Morgan fingerprint density at radius 2 is 1.60 bits per heavy atom. The SMILES string of the molecule is CN.CN.N=Cc1ccc2cc(C(=O)NC3CCCCC3)n(Sc3ccc4ccccc4c3)c2c1. The van der Waals surface area contributed by atoms with Crippen LogP contribution in [-0.4, -0.2) is 36.2 Å². The number of rotatable bonds is 5. The maximum absolute atomic E-state index is 13.3.